The van der Waals surface area contributed by atoms with E-state index in [4.69, 9.17) is 4.74 Å². The molecule has 1 aromatic heterocycles. The van der Waals surface area contributed by atoms with Gasteiger partial charge in [0.15, 0.2) is 10.6 Å². The lowest BCUT2D eigenvalue weighted by Gasteiger charge is -2.14. The van der Waals surface area contributed by atoms with Crippen LogP contribution in [0.5, 0.6) is 0 Å². The minimum Gasteiger partial charge on any atom is -0.448 e. The van der Waals surface area contributed by atoms with Crippen LogP contribution in [0.1, 0.15) is 46.3 Å². The molecule has 0 aliphatic heterocycles. The maximum atomic E-state index is 12.7. The predicted octanol–water partition coefficient (Wildman–Crippen LogP) is 3.68. The molecule has 0 bridgehead atoms. The third kappa shape index (κ3) is 4.07. The van der Waals surface area contributed by atoms with Crippen molar-refractivity contribution in [1.82, 2.24) is 4.57 Å². The van der Waals surface area contributed by atoms with Crippen molar-refractivity contribution < 1.29 is 14.3 Å². The third-order valence-electron chi connectivity index (χ3n) is 4.29. The summed E-state index contributed by atoms with van der Waals surface area (Å²) in [5, 5.41) is 0. The highest BCUT2D eigenvalue weighted by Crippen LogP contribution is 2.24. The number of amides is 1. The molecule has 0 fully saturated rings. The van der Waals surface area contributed by atoms with Crippen LogP contribution in [0.15, 0.2) is 29.3 Å². The standard InChI is InChI=1S/C19H22N2O3S/c1-3-24-19(23)20-18-21(15-6-4-5-7-17(15)25-18)12-16(22)14-10-8-13(2)9-11-14/h8-11H,3-7,12H2,1-2H3. The zero-order valence-electron chi connectivity index (χ0n) is 14.6. The van der Waals surface area contributed by atoms with E-state index < -0.39 is 6.09 Å². The highest BCUT2D eigenvalue weighted by molar-refractivity contribution is 7.09. The van der Waals surface area contributed by atoms with Crippen molar-refractivity contribution in [2.75, 3.05) is 6.61 Å². The van der Waals surface area contributed by atoms with Gasteiger partial charge < -0.3 is 9.30 Å². The highest BCUT2D eigenvalue weighted by atomic mass is 32.1. The Hall–Kier alpha value is -2.21. The van der Waals surface area contributed by atoms with Gasteiger partial charge in [0.1, 0.15) is 0 Å². The number of Topliss-reactive ketones (excluding diaryl/α,β-unsaturated/α-hetero) is 1. The number of carbonyl (C=O) groups is 2. The number of carbonyl (C=O) groups excluding carboxylic acids is 2. The van der Waals surface area contributed by atoms with Crippen molar-refractivity contribution >= 4 is 23.2 Å². The van der Waals surface area contributed by atoms with E-state index in [0.717, 1.165) is 36.9 Å². The van der Waals surface area contributed by atoms with Crippen molar-refractivity contribution in [1.29, 1.82) is 0 Å². The predicted molar refractivity (Wildman–Crippen MR) is 97.0 cm³/mol. The van der Waals surface area contributed by atoms with Crippen LogP contribution in [0.25, 0.3) is 0 Å². The molecule has 5 nitrogen and oxygen atoms in total. The summed E-state index contributed by atoms with van der Waals surface area (Å²) in [4.78, 5) is 30.4. The Morgan fingerprint density at radius 1 is 1.20 bits per heavy atom. The highest BCUT2D eigenvalue weighted by Gasteiger charge is 2.20. The SMILES string of the molecule is CCOC(=O)N=c1sc2c(n1CC(=O)c1ccc(C)cc1)CCCC2. The summed E-state index contributed by atoms with van der Waals surface area (Å²) in [6, 6.07) is 7.56. The molecule has 1 aliphatic rings. The Bertz CT molecular complexity index is 847. The van der Waals surface area contributed by atoms with E-state index in [1.165, 1.54) is 16.2 Å². The molecule has 3 rings (SSSR count). The van der Waals surface area contributed by atoms with E-state index >= 15 is 0 Å². The Kier molecular flexibility index (Phi) is 5.48. The first kappa shape index (κ1) is 17.6. The molecule has 1 aliphatic carbocycles. The monoisotopic (exact) mass is 358 g/mol. The number of aromatic nitrogens is 1. The average molecular weight is 358 g/mol. The summed E-state index contributed by atoms with van der Waals surface area (Å²) in [5.74, 6) is 0.0245. The van der Waals surface area contributed by atoms with Crippen molar-refractivity contribution in [3.05, 3.63) is 50.8 Å². The van der Waals surface area contributed by atoms with Gasteiger partial charge in [0.05, 0.1) is 13.2 Å². The second-order valence-electron chi connectivity index (χ2n) is 6.15. The van der Waals surface area contributed by atoms with Crippen LogP contribution in [0.3, 0.4) is 0 Å². The fourth-order valence-corrected chi connectivity index (χ4v) is 4.19. The molecule has 1 amide bonds. The first-order valence-corrected chi connectivity index (χ1v) is 9.43. The number of ketones is 1. The first-order valence-electron chi connectivity index (χ1n) is 8.61. The summed E-state index contributed by atoms with van der Waals surface area (Å²) in [7, 11) is 0. The average Bonchev–Trinajstić information content (AvgIpc) is 2.93. The molecule has 0 unspecified atom stereocenters. The number of hydrogen-bond acceptors (Lipinski definition) is 4. The molecular formula is C19H22N2O3S. The van der Waals surface area contributed by atoms with Crippen LogP contribution in [0, 0.1) is 6.92 Å². The summed E-state index contributed by atoms with van der Waals surface area (Å²) in [5.41, 5.74) is 2.94. The van der Waals surface area contributed by atoms with E-state index in [1.807, 2.05) is 35.8 Å². The number of ether oxygens (including phenoxy) is 1. The molecule has 0 radical (unpaired) electrons. The number of fused-ring (bicyclic) bond motifs is 1. The molecule has 0 N–H and O–H groups in total. The molecule has 6 heteroatoms. The van der Waals surface area contributed by atoms with Gasteiger partial charge >= 0.3 is 6.09 Å². The Balaban J connectivity index is 1.96. The number of aryl methyl sites for hydroxylation is 2. The number of hydrogen-bond donors (Lipinski definition) is 0. The van der Waals surface area contributed by atoms with Crippen molar-refractivity contribution in [2.45, 2.75) is 46.1 Å². The Labute approximate surface area is 151 Å². The molecule has 132 valence electrons. The third-order valence-corrected chi connectivity index (χ3v) is 5.47. The van der Waals surface area contributed by atoms with Gasteiger partial charge in [-0.15, -0.1) is 16.3 Å². The lowest BCUT2D eigenvalue weighted by atomic mass is 10.0. The first-order chi connectivity index (χ1) is 12.1. The van der Waals surface area contributed by atoms with Crippen LogP contribution in [0.4, 0.5) is 4.79 Å². The zero-order valence-corrected chi connectivity index (χ0v) is 15.4. The van der Waals surface area contributed by atoms with Crippen LogP contribution in [-0.4, -0.2) is 23.1 Å². The van der Waals surface area contributed by atoms with Crippen LogP contribution < -0.4 is 4.80 Å². The summed E-state index contributed by atoms with van der Waals surface area (Å²) < 4.78 is 6.84. The topological polar surface area (TPSA) is 60.7 Å². The van der Waals surface area contributed by atoms with Gasteiger partial charge in [0.2, 0.25) is 0 Å². The molecule has 25 heavy (non-hydrogen) atoms. The molecule has 0 saturated heterocycles. The quantitative estimate of drug-likeness (QED) is 0.784. The van der Waals surface area contributed by atoms with Gasteiger partial charge in [0, 0.05) is 16.1 Å². The fraction of sp³-hybridized carbons (Fsp3) is 0.421. The fourth-order valence-electron chi connectivity index (χ4n) is 2.99. The molecule has 0 atom stereocenters. The molecule has 0 saturated carbocycles. The number of nitrogens with zero attached hydrogens (tertiary/aromatic N) is 2. The van der Waals surface area contributed by atoms with Crippen LogP contribution >= 0.6 is 11.3 Å². The zero-order chi connectivity index (χ0) is 17.8. The van der Waals surface area contributed by atoms with E-state index in [1.54, 1.807) is 6.92 Å². The minimum atomic E-state index is -0.599. The molecular weight excluding hydrogens is 336 g/mol. The van der Waals surface area contributed by atoms with Crippen LogP contribution in [-0.2, 0) is 24.1 Å². The van der Waals surface area contributed by atoms with Crippen molar-refractivity contribution in [2.24, 2.45) is 4.99 Å². The number of thiazole rings is 1. The smallest absolute Gasteiger partial charge is 0.436 e. The largest absolute Gasteiger partial charge is 0.448 e. The summed E-state index contributed by atoms with van der Waals surface area (Å²) in [6.07, 6.45) is 3.54. The van der Waals surface area contributed by atoms with E-state index in [2.05, 4.69) is 4.99 Å². The lowest BCUT2D eigenvalue weighted by Crippen LogP contribution is -2.24. The Morgan fingerprint density at radius 3 is 2.64 bits per heavy atom. The normalized spacial score (nSPS) is 14.2. The Morgan fingerprint density at radius 2 is 1.92 bits per heavy atom. The molecule has 0 spiro atoms. The molecule has 2 aromatic rings. The minimum absolute atomic E-state index is 0.0245. The molecule has 1 aromatic carbocycles. The second-order valence-corrected chi connectivity index (χ2v) is 7.21. The van der Waals surface area contributed by atoms with Gasteiger partial charge in [0.25, 0.3) is 0 Å². The second kappa shape index (κ2) is 7.78. The number of benzene rings is 1. The van der Waals surface area contributed by atoms with E-state index in [-0.39, 0.29) is 18.9 Å². The maximum Gasteiger partial charge on any atom is 0.436 e. The van der Waals surface area contributed by atoms with Gasteiger partial charge in [-0.3, -0.25) is 4.79 Å². The van der Waals surface area contributed by atoms with Crippen LogP contribution in [0.2, 0.25) is 0 Å². The van der Waals surface area contributed by atoms with E-state index in [9.17, 15) is 9.59 Å². The lowest BCUT2D eigenvalue weighted by molar-refractivity contribution is 0.0969. The van der Waals surface area contributed by atoms with E-state index in [0.29, 0.717) is 10.4 Å². The summed E-state index contributed by atoms with van der Waals surface area (Å²) >= 11 is 1.50. The van der Waals surface area contributed by atoms with Gasteiger partial charge in [-0.2, -0.15) is 0 Å². The van der Waals surface area contributed by atoms with Gasteiger partial charge in [-0.05, 0) is 39.5 Å². The number of rotatable bonds is 4. The maximum absolute atomic E-state index is 12.7. The van der Waals surface area contributed by atoms with Crippen molar-refractivity contribution in [3.63, 3.8) is 0 Å². The molecule has 1 heterocycles. The van der Waals surface area contributed by atoms with Crippen molar-refractivity contribution in [3.8, 4) is 0 Å². The van der Waals surface area contributed by atoms with Gasteiger partial charge in [-0.25, -0.2) is 4.79 Å². The summed E-state index contributed by atoms with van der Waals surface area (Å²) in [6.45, 7) is 4.24. The van der Waals surface area contributed by atoms with Gasteiger partial charge in [-0.1, -0.05) is 29.8 Å².